The van der Waals surface area contributed by atoms with Crippen LogP contribution in [0.15, 0.2) is 60.7 Å². The molecule has 30 heavy (non-hydrogen) atoms. The van der Waals surface area contributed by atoms with E-state index in [4.69, 9.17) is 10.2 Å². The number of carboxylic acid groups (broad SMARTS) is 2. The van der Waals surface area contributed by atoms with Gasteiger partial charge in [-0.3, -0.25) is 9.59 Å². The Morgan fingerprint density at radius 1 is 0.667 bits per heavy atom. The predicted molar refractivity (Wildman–Crippen MR) is 112 cm³/mol. The van der Waals surface area contributed by atoms with Crippen LogP contribution in [0.4, 0.5) is 11.4 Å². The summed E-state index contributed by atoms with van der Waals surface area (Å²) < 4.78 is 0. The van der Waals surface area contributed by atoms with Gasteiger partial charge in [0.25, 0.3) is 0 Å². The van der Waals surface area contributed by atoms with Crippen LogP contribution in [-0.4, -0.2) is 34.0 Å². The molecule has 0 radical (unpaired) electrons. The van der Waals surface area contributed by atoms with Crippen molar-refractivity contribution in [2.45, 2.75) is 13.8 Å². The maximum Gasteiger partial charge on any atom is 0.328 e. The van der Waals surface area contributed by atoms with Crippen molar-refractivity contribution in [3.63, 3.8) is 0 Å². The number of hydrogen-bond donors (Lipinski definition) is 4. The van der Waals surface area contributed by atoms with E-state index in [1.54, 1.807) is 12.1 Å². The smallest absolute Gasteiger partial charge is 0.328 e. The second kappa shape index (κ2) is 9.83. The van der Waals surface area contributed by atoms with Crippen molar-refractivity contribution in [1.82, 2.24) is 0 Å². The summed E-state index contributed by atoms with van der Waals surface area (Å²) in [7, 11) is 0. The van der Waals surface area contributed by atoms with Gasteiger partial charge in [0.2, 0.25) is 11.8 Å². The zero-order valence-electron chi connectivity index (χ0n) is 16.3. The largest absolute Gasteiger partial charge is 0.478 e. The summed E-state index contributed by atoms with van der Waals surface area (Å²) in [4.78, 5) is 44.4. The van der Waals surface area contributed by atoms with E-state index in [0.29, 0.717) is 11.4 Å². The van der Waals surface area contributed by atoms with Crippen LogP contribution < -0.4 is 10.6 Å². The monoisotopic (exact) mass is 408 g/mol. The second-order valence-electron chi connectivity index (χ2n) is 6.38. The Balaban J connectivity index is 2.16. The summed E-state index contributed by atoms with van der Waals surface area (Å²) >= 11 is 0. The zero-order chi connectivity index (χ0) is 22.3. The molecule has 0 heterocycles. The Labute approximate surface area is 172 Å². The van der Waals surface area contributed by atoms with Crippen molar-refractivity contribution >= 4 is 35.1 Å². The number of carboxylic acids is 2. The number of rotatable bonds is 7. The molecular formula is C22H20N2O6. The van der Waals surface area contributed by atoms with Crippen LogP contribution in [0.3, 0.4) is 0 Å². The third-order valence-corrected chi connectivity index (χ3v) is 4.06. The number of carbonyl (C=O) groups excluding carboxylic acids is 2. The van der Waals surface area contributed by atoms with Gasteiger partial charge in [-0.05, 0) is 60.4 Å². The molecule has 8 nitrogen and oxygen atoms in total. The van der Waals surface area contributed by atoms with Gasteiger partial charge in [0.05, 0.1) is 0 Å². The SMILES string of the molecule is Cc1cc(-c2ccc(NC(=O)/C=C/C(=O)O)c(C)c2)ccc1NC(=O)/C=C/C(=O)O. The maximum atomic E-state index is 11.7. The highest BCUT2D eigenvalue weighted by atomic mass is 16.4. The summed E-state index contributed by atoms with van der Waals surface area (Å²) in [5, 5.41) is 22.4. The van der Waals surface area contributed by atoms with E-state index in [1.807, 2.05) is 38.1 Å². The number of carbonyl (C=O) groups is 4. The van der Waals surface area contributed by atoms with Gasteiger partial charge in [-0.2, -0.15) is 0 Å². The van der Waals surface area contributed by atoms with Gasteiger partial charge in [-0.15, -0.1) is 0 Å². The molecule has 0 bridgehead atoms. The molecule has 0 saturated heterocycles. The van der Waals surface area contributed by atoms with E-state index < -0.39 is 23.8 Å². The lowest BCUT2D eigenvalue weighted by Crippen LogP contribution is -2.10. The van der Waals surface area contributed by atoms with Crippen molar-refractivity contribution in [3.8, 4) is 11.1 Å². The van der Waals surface area contributed by atoms with Crippen LogP contribution in [0.25, 0.3) is 11.1 Å². The number of aliphatic carboxylic acids is 2. The fourth-order valence-electron chi connectivity index (χ4n) is 2.61. The van der Waals surface area contributed by atoms with Gasteiger partial charge in [-0.1, -0.05) is 12.1 Å². The lowest BCUT2D eigenvalue weighted by molar-refractivity contribution is -0.132. The van der Waals surface area contributed by atoms with E-state index in [9.17, 15) is 19.2 Å². The highest BCUT2D eigenvalue weighted by Crippen LogP contribution is 2.28. The predicted octanol–water partition coefficient (Wildman–Crippen LogP) is 3.13. The van der Waals surface area contributed by atoms with E-state index in [1.165, 1.54) is 0 Å². The van der Waals surface area contributed by atoms with E-state index >= 15 is 0 Å². The van der Waals surface area contributed by atoms with E-state index in [-0.39, 0.29) is 0 Å². The first-order chi connectivity index (χ1) is 14.2. The fraction of sp³-hybridized carbons (Fsp3) is 0.0909. The number of amides is 2. The first kappa shape index (κ1) is 22.1. The van der Waals surface area contributed by atoms with Gasteiger partial charge in [-0.25, -0.2) is 9.59 Å². The molecule has 154 valence electrons. The molecule has 0 saturated carbocycles. The Morgan fingerprint density at radius 3 is 1.33 bits per heavy atom. The van der Waals surface area contributed by atoms with Gasteiger partial charge < -0.3 is 20.8 Å². The van der Waals surface area contributed by atoms with E-state index in [0.717, 1.165) is 46.6 Å². The Kier molecular flexibility index (Phi) is 7.24. The second-order valence-corrected chi connectivity index (χ2v) is 6.38. The quantitative estimate of drug-likeness (QED) is 0.520. The summed E-state index contributed by atoms with van der Waals surface area (Å²) in [6, 6.07) is 10.8. The Bertz CT molecular complexity index is 984. The van der Waals surface area contributed by atoms with Crippen molar-refractivity contribution in [2.75, 3.05) is 10.6 Å². The molecule has 0 aliphatic rings. The minimum absolute atomic E-state index is 0.541. The van der Waals surface area contributed by atoms with Crippen LogP contribution in [0, 0.1) is 13.8 Å². The number of anilines is 2. The molecule has 2 rings (SSSR count). The molecule has 8 heteroatoms. The maximum absolute atomic E-state index is 11.7. The van der Waals surface area contributed by atoms with Crippen LogP contribution in [0.5, 0.6) is 0 Å². The van der Waals surface area contributed by atoms with Crippen LogP contribution in [0.2, 0.25) is 0 Å². The van der Waals surface area contributed by atoms with Gasteiger partial charge in [0, 0.05) is 35.7 Å². The summed E-state index contributed by atoms with van der Waals surface area (Å²) in [5.74, 6) is -3.49. The molecule has 0 fully saturated rings. The molecule has 0 aromatic heterocycles. The minimum Gasteiger partial charge on any atom is -0.478 e. The summed E-state index contributed by atoms with van der Waals surface area (Å²) in [6.45, 7) is 3.63. The van der Waals surface area contributed by atoms with Crippen LogP contribution in [-0.2, 0) is 19.2 Å². The lowest BCUT2D eigenvalue weighted by Gasteiger charge is -2.12. The lowest BCUT2D eigenvalue weighted by atomic mass is 10.00. The first-order valence-electron chi connectivity index (χ1n) is 8.81. The van der Waals surface area contributed by atoms with Crippen LogP contribution in [0.1, 0.15) is 11.1 Å². The van der Waals surface area contributed by atoms with Crippen molar-refractivity contribution in [3.05, 3.63) is 71.8 Å². The topological polar surface area (TPSA) is 133 Å². The molecule has 0 aliphatic heterocycles. The van der Waals surface area contributed by atoms with Crippen molar-refractivity contribution in [1.29, 1.82) is 0 Å². The standard InChI is InChI=1S/C22H20N2O6/c1-13-11-15(3-5-17(13)23-19(25)7-9-21(27)28)16-4-6-18(14(2)12-16)24-20(26)8-10-22(29)30/h3-12H,1-2H3,(H,23,25)(H,24,26)(H,27,28)(H,29,30)/b9-7+,10-8+. The molecule has 2 aromatic rings. The van der Waals surface area contributed by atoms with Gasteiger partial charge in [0.15, 0.2) is 0 Å². The fourth-order valence-corrected chi connectivity index (χ4v) is 2.61. The normalized spacial score (nSPS) is 10.9. The summed E-state index contributed by atoms with van der Waals surface area (Å²) in [5.41, 5.74) is 4.47. The molecule has 0 spiro atoms. The minimum atomic E-state index is -1.20. The third kappa shape index (κ3) is 6.45. The molecule has 2 amide bonds. The van der Waals surface area contributed by atoms with Gasteiger partial charge >= 0.3 is 11.9 Å². The molecule has 4 N–H and O–H groups in total. The number of hydrogen-bond acceptors (Lipinski definition) is 4. The molecular weight excluding hydrogens is 388 g/mol. The van der Waals surface area contributed by atoms with E-state index in [2.05, 4.69) is 10.6 Å². The highest BCUT2D eigenvalue weighted by Gasteiger charge is 2.08. The van der Waals surface area contributed by atoms with Crippen molar-refractivity contribution < 1.29 is 29.4 Å². The molecule has 0 unspecified atom stereocenters. The average Bonchev–Trinajstić information content (AvgIpc) is 2.68. The molecule has 2 aromatic carbocycles. The Morgan fingerprint density at radius 2 is 1.03 bits per heavy atom. The average molecular weight is 408 g/mol. The number of aryl methyl sites for hydroxylation is 2. The number of nitrogens with one attached hydrogen (secondary N) is 2. The van der Waals surface area contributed by atoms with Crippen LogP contribution >= 0.6 is 0 Å². The van der Waals surface area contributed by atoms with Crippen molar-refractivity contribution in [2.24, 2.45) is 0 Å². The first-order valence-corrected chi connectivity index (χ1v) is 8.81. The highest BCUT2D eigenvalue weighted by molar-refractivity contribution is 6.03. The zero-order valence-corrected chi connectivity index (χ0v) is 16.3. The molecule has 0 atom stereocenters. The van der Waals surface area contributed by atoms with Gasteiger partial charge in [0.1, 0.15) is 0 Å². The number of benzene rings is 2. The Hall–Kier alpha value is -4.20. The molecule has 0 aliphatic carbocycles. The third-order valence-electron chi connectivity index (χ3n) is 4.06. The summed E-state index contributed by atoms with van der Waals surface area (Å²) in [6.07, 6.45) is 3.41.